The highest BCUT2D eigenvalue weighted by molar-refractivity contribution is 6.32. The molecule has 1 aliphatic heterocycles. The molecule has 2 N–H and O–H groups in total. The monoisotopic (exact) mass is 331 g/mol. The second-order valence-corrected chi connectivity index (χ2v) is 5.97. The second kappa shape index (κ2) is 6.98. The zero-order chi connectivity index (χ0) is 16.2. The fourth-order valence-electron chi connectivity index (χ4n) is 2.54. The smallest absolute Gasteiger partial charge is 0.253 e. The molecule has 2 aromatic rings. The lowest BCUT2D eigenvalue weighted by Crippen LogP contribution is -2.42. The number of likely N-dealkylation sites (tertiary alicyclic amines) is 1. The number of halogens is 1. The van der Waals surface area contributed by atoms with Gasteiger partial charge in [-0.2, -0.15) is 0 Å². The van der Waals surface area contributed by atoms with Crippen LogP contribution in [-0.2, 0) is 0 Å². The van der Waals surface area contributed by atoms with Gasteiger partial charge in [0.2, 0.25) is 0 Å². The maximum atomic E-state index is 12.5. The van der Waals surface area contributed by atoms with E-state index in [1.165, 1.54) is 0 Å². The highest BCUT2D eigenvalue weighted by Gasteiger charge is 2.22. The minimum absolute atomic E-state index is 0.0192. The third-order valence-electron chi connectivity index (χ3n) is 3.88. The lowest BCUT2D eigenvalue weighted by atomic mass is 10.0. The number of piperidine rings is 1. The summed E-state index contributed by atoms with van der Waals surface area (Å²) >= 11 is 6.25. The van der Waals surface area contributed by atoms with Crippen LogP contribution in [0.1, 0.15) is 23.2 Å². The number of rotatable bonds is 3. The summed E-state index contributed by atoms with van der Waals surface area (Å²) in [6, 6.07) is 8.78. The van der Waals surface area contributed by atoms with E-state index in [1.54, 1.807) is 42.7 Å². The Labute approximate surface area is 140 Å². The Morgan fingerprint density at radius 1 is 1.22 bits per heavy atom. The van der Waals surface area contributed by atoms with Crippen LogP contribution in [0.5, 0.6) is 11.5 Å². The molecular formula is C17H18ClN3O2. The van der Waals surface area contributed by atoms with Gasteiger partial charge in [-0.3, -0.25) is 9.78 Å². The lowest BCUT2D eigenvalue weighted by Gasteiger charge is -2.30. The first-order valence-corrected chi connectivity index (χ1v) is 7.93. The molecule has 0 saturated carbocycles. The van der Waals surface area contributed by atoms with E-state index in [2.05, 4.69) is 4.98 Å². The van der Waals surface area contributed by atoms with E-state index in [-0.39, 0.29) is 11.9 Å². The van der Waals surface area contributed by atoms with Crippen LogP contribution in [0.15, 0.2) is 42.7 Å². The van der Waals surface area contributed by atoms with Gasteiger partial charge < -0.3 is 15.4 Å². The molecule has 0 unspecified atom stereocenters. The summed E-state index contributed by atoms with van der Waals surface area (Å²) in [6.07, 6.45) is 4.95. The number of benzene rings is 1. The van der Waals surface area contributed by atoms with Gasteiger partial charge in [-0.05, 0) is 43.2 Å². The number of pyridine rings is 1. The van der Waals surface area contributed by atoms with E-state index >= 15 is 0 Å². The first-order chi connectivity index (χ1) is 11.1. The van der Waals surface area contributed by atoms with Gasteiger partial charge in [-0.15, -0.1) is 0 Å². The number of nitrogens with two attached hydrogens (primary N) is 1. The molecule has 1 fully saturated rings. The van der Waals surface area contributed by atoms with Crippen LogP contribution in [0.2, 0.25) is 5.02 Å². The molecule has 0 atom stereocenters. The Morgan fingerprint density at radius 3 is 2.57 bits per heavy atom. The highest BCUT2D eigenvalue weighted by Crippen LogP contribution is 2.30. The topological polar surface area (TPSA) is 68.5 Å². The molecule has 0 spiro atoms. The number of carbonyl (C=O) groups is 1. The average molecular weight is 332 g/mol. The lowest BCUT2D eigenvalue weighted by molar-refractivity contribution is 0.0715. The van der Waals surface area contributed by atoms with Gasteiger partial charge in [-0.25, -0.2) is 0 Å². The Kier molecular flexibility index (Phi) is 4.79. The largest absolute Gasteiger partial charge is 0.456 e. The number of nitrogens with zero attached hydrogens (tertiary/aromatic N) is 2. The summed E-state index contributed by atoms with van der Waals surface area (Å²) in [7, 11) is 0. The number of hydrogen-bond acceptors (Lipinski definition) is 4. The Bertz CT molecular complexity index is 685. The van der Waals surface area contributed by atoms with Gasteiger partial charge in [0.25, 0.3) is 5.91 Å². The van der Waals surface area contributed by atoms with E-state index in [9.17, 15) is 4.79 Å². The van der Waals surface area contributed by atoms with Crippen molar-refractivity contribution in [2.24, 2.45) is 5.73 Å². The quantitative estimate of drug-likeness (QED) is 0.938. The number of carbonyl (C=O) groups excluding carboxylic acids is 1. The standard InChI is InChI=1S/C17H18ClN3O2/c18-15-11-12(17(22)21-9-5-13(19)6-10-21)1-2-16(15)23-14-3-7-20-8-4-14/h1-4,7-8,11,13H,5-6,9-10,19H2. The van der Waals surface area contributed by atoms with Crippen LogP contribution < -0.4 is 10.5 Å². The maximum absolute atomic E-state index is 12.5. The Balaban J connectivity index is 1.72. The summed E-state index contributed by atoms with van der Waals surface area (Å²) in [5.74, 6) is 1.13. The predicted octanol–water partition coefficient (Wildman–Crippen LogP) is 3.09. The van der Waals surface area contributed by atoms with Gasteiger partial charge in [0.1, 0.15) is 11.5 Å². The fraction of sp³-hybridized carbons (Fsp3) is 0.294. The molecule has 1 aromatic heterocycles. The van der Waals surface area contributed by atoms with Crippen molar-refractivity contribution >= 4 is 17.5 Å². The van der Waals surface area contributed by atoms with Crippen LogP contribution in [-0.4, -0.2) is 34.9 Å². The first-order valence-electron chi connectivity index (χ1n) is 7.56. The van der Waals surface area contributed by atoms with E-state index in [4.69, 9.17) is 22.1 Å². The summed E-state index contributed by atoms with van der Waals surface area (Å²) < 4.78 is 5.69. The Hall–Kier alpha value is -2.11. The van der Waals surface area contributed by atoms with Crippen molar-refractivity contribution < 1.29 is 9.53 Å². The van der Waals surface area contributed by atoms with Crippen LogP contribution in [0, 0.1) is 0 Å². The third kappa shape index (κ3) is 3.81. The van der Waals surface area contributed by atoms with Gasteiger partial charge >= 0.3 is 0 Å². The SMILES string of the molecule is NC1CCN(C(=O)c2ccc(Oc3ccncc3)c(Cl)c2)CC1. The van der Waals surface area contributed by atoms with Gasteiger partial charge in [0, 0.05) is 37.1 Å². The molecule has 1 amide bonds. The molecule has 0 aliphatic carbocycles. The molecule has 1 aliphatic rings. The van der Waals surface area contributed by atoms with Crippen molar-refractivity contribution in [2.45, 2.75) is 18.9 Å². The van der Waals surface area contributed by atoms with Gasteiger partial charge in [0.15, 0.2) is 0 Å². The highest BCUT2D eigenvalue weighted by atomic mass is 35.5. The minimum Gasteiger partial charge on any atom is -0.456 e. The number of hydrogen-bond donors (Lipinski definition) is 1. The molecule has 6 heteroatoms. The number of amides is 1. The molecule has 3 rings (SSSR count). The molecule has 23 heavy (non-hydrogen) atoms. The van der Waals surface area contributed by atoms with E-state index in [0.29, 0.717) is 35.2 Å². The molecule has 120 valence electrons. The van der Waals surface area contributed by atoms with E-state index < -0.39 is 0 Å². The second-order valence-electron chi connectivity index (χ2n) is 5.56. The van der Waals surface area contributed by atoms with Crippen LogP contribution in [0.4, 0.5) is 0 Å². The molecule has 0 radical (unpaired) electrons. The van der Waals surface area contributed by atoms with Crippen molar-refractivity contribution in [3.63, 3.8) is 0 Å². The van der Waals surface area contributed by atoms with Crippen LogP contribution in [0.25, 0.3) is 0 Å². The predicted molar refractivity (Wildman–Crippen MR) is 88.9 cm³/mol. The molecule has 2 heterocycles. The summed E-state index contributed by atoms with van der Waals surface area (Å²) in [4.78, 5) is 18.3. The van der Waals surface area contributed by atoms with Crippen molar-refractivity contribution in [1.29, 1.82) is 0 Å². The fourth-order valence-corrected chi connectivity index (χ4v) is 2.75. The molecule has 0 bridgehead atoms. The number of ether oxygens (including phenoxy) is 1. The summed E-state index contributed by atoms with van der Waals surface area (Å²) in [5, 5.41) is 0.404. The minimum atomic E-state index is -0.0192. The maximum Gasteiger partial charge on any atom is 0.253 e. The molecule has 1 aromatic carbocycles. The summed E-state index contributed by atoms with van der Waals surface area (Å²) in [5.41, 5.74) is 6.44. The van der Waals surface area contributed by atoms with E-state index in [1.807, 2.05) is 4.90 Å². The van der Waals surface area contributed by atoms with Crippen molar-refractivity contribution in [2.75, 3.05) is 13.1 Å². The van der Waals surface area contributed by atoms with Crippen molar-refractivity contribution in [3.8, 4) is 11.5 Å². The normalized spacial score (nSPS) is 15.5. The zero-order valence-electron chi connectivity index (χ0n) is 12.6. The van der Waals surface area contributed by atoms with Crippen LogP contribution >= 0.6 is 11.6 Å². The van der Waals surface area contributed by atoms with Crippen LogP contribution in [0.3, 0.4) is 0 Å². The van der Waals surface area contributed by atoms with Gasteiger partial charge in [-0.1, -0.05) is 11.6 Å². The van der Waals surface area contributed by atoms with E-state index in [0.717, 1.165) is 12.8 Å². The molecular weight excluding hydrogens is 314 g/mol. The number of aromatic nitrogens is 1. The molecule has 1 saturated heterocycles. The van der Waals surface area contributed by atoms with Crippen molar-refractivity contribution in [3.05, 3.63) is 53.3 Å². The average Bonchev–Trinajstić information content (AvgIpc) is 2.58. The zero-order valence-corrected chi connectivity index (χ0v) is 13.4. The Morgan fingerprint density at radius 2 is 1.91 bits per heavy atom. The summed E-state index contributed by atoms with van der Waals surface area (Å²) in [6.45, 7) is 1.37. The third-order valence-corrected chi connectivity index (χ3v) is 4.18. The first kappa shape index (κ1) is 15.8. The molecule has 5 nitrogen and oxygen atoms in total. The van der Waals surface area contributed by atoms with Gasteiger partial charge in [0.05, 0.1) is 5.02 Å². The van der Waals surface area contributed by atoms with Crippen molar-refractivity contribution in [1.82, 2.24) is 9.88 Å².